The highest BCUT2D eigenvalue weighted by Gasteiger charge is 2.22. The lowest BCUT2D eigenvalue weighted by molar-refractivity contribution is 0.167. The normalized spacial score (nSPS) is 12.4. The number of nitrogens with two attached hydrogens (primary N) is 1. The second kappa shape index (κ2) is 13.4. The molecule has 39 heavy (non-hydrogen) atoms. The molecular formula is C28H40N8O3. The summed E-state index contributed by atoms with van der Waals surface area (Å²) in [4.78, 5) is 32.4. The molecule has 210 valence electrons. The van der Waals surface area contributed by atoms with Crippen molar-refractivity contribution in [2.24, 2.45) is 0 Å². The Hall–Kier alpha value is -3.70. The number of benzene rings is 1. The molecular weight excluding hydrogens is 496 g/mol. The first-order valence-electron chi connectivity index (χ1n) is 13.9. The number of rotatable bonds is 15. The van der Waals surface area contributed by atoms with Gasteiger partial charge in [0.1, 0.15) is 5.82 Å². The van der Waals surface area contributed by atoms with Crippen molar-refractivity contribution in [3.05, 3.63) is 74.4 Å². The van der Waals surface area contributed by atoms with E-state index in [1.54, 1.807) is 10.8 Å². The van der Waals surface area contributed by atoms with Gasteiger partial charge < -0.3 is 20.7 Å². The third kappa shape index (κ3) is 6.85. The highest BCUT2D eigenvalue weighted by molar-refractivity contribution is 5.71. The number of unbranched alkanes of at least 4 members (excludes halogenated alkanes) is 2. The van der Waals surface area contributed by atoms with E-state index in [0.717, 1.165) is 30.5 Å². The minimum Gasteiger partial charge on any atom is -0.399 e. The van der Waals surface area contributed by atoms with Crippen molar-refractivity contribution in [3.8, 4) is 0 Å². The highest BCUT2D eigenvalue weighted by atomic mass is 16.3. The molecule has 0 fully saturated rings. The Morgan fingerprint density at radius 2 is 1.82 bits per heavy atom. The lowest BCUT2D eigenvalue weighted by Crippen LogP contribution is -2.41. The van der Waals surface area contributed by atoms with Crippen LogP contribution in [0.3, 0.4) is 0 Å². The number of anilines is 1. The number of hydrogen-bond acceptors (Lipinski definition) is 7. The van der Waals surface area contributed by atoms with Crippen LogP contribution in [-0.4, -0.2) is 53.2 Å². The maximum Gasteiger partial charge on any atom is 0.332 e. The number of fused-ring (bicyclic) bond motifs is 1. The van der Waals surface area contributed by atoms with Crippen LogP contribution in [0.25, 0.3) is 11.2 Å². The molecule has 0 aliphatic carbocycles. The average molecular weight is 537 g/mol. The van der Waals surface area contributed by atoms with Crippen molar-refractivity contribution in [2.45, 2.75) is 78.1 Å². The van der Waals surface area contributed by atoms with Gasteiger partial charge >= 0.3 is 5.69 Å². The fourth-order valence-electron chi connectivity index (χ4n) is 4.71. The molecule has 3 heterocycles. The zero-order valence-electron chi connectivity index (χ0n) is 22.9. The number of aromatic nitrogens is 6. The second-order valence-corrected chi connectivity index (χ2v) is 9.95. The smallest absolute Gasteiger partial charge is 0.332 e. The molecule has 4 rings (SSSR count). The van der Waals surface area contributed by atoms with E-state index >= 15 is 0 Å². The number of nitrogens with one attached hydrogen (secondary N) is 2. The standard InChI is InChI=1S/C28H40N8O3/c1-3-5-6-15-36-27(38)25-26(35(28(36)39)16-12-20-7-9-21(29)10-8-20)32-24(18-22-11-13-31-33-22)34(25)17-14-30-19-23(37)4-2/h7-11,13,23,30,37H,3-6,12,14-19,29H2,1-2H3,(H,31,33). The molecule has 0 bridgehead atoms. The Morgan fingerprint density at radius 3 is 2.51 bits per heavy atom. The van der Waals surface area contributed by atoms with Crippen LogP contribution in [0.5, 0.6) is 0 Å². The quantitative estimate of drug-likeness (QED) is 0.134. The van der Waals surface area contributed by atoms with E-state index in [2.05, 4.69) is 22.4 Å². The fourth-order valence-corrected chi connectivity index (χ4v) is 4.71. The van der Waals surface area contributed by atoms with Gasteiger partial charge in [0.15, 0.2) is 11.2 Å². The molecule has 0 aliphatic heterocycles. The number of aliphatic hydroxyl groups is 1. The van der Waals surface area contributed by atoms with E-state index in [-0.39, 0.29) is 11.2 Å². The third-order valence-corrected chi connectivity index (χ3v) is 7.04. The maximum absolute atomic E-state index is 13.8. The molecule has 0 amide bonds. The van der Waals surface area contributed by atoms with Crippen LogP contribution in [-0.2, 0) is 32.5 Å². The Labute approximate surface area is 227 Å². The zero-order chi connectivity index (χ0) is 27.8. The fraction of sp³-hybridized carbons (Fsp3) is 0.500. The molecule has 0 radical (unpaired) electrons. The molecule has 11 nitrogen and oxygen atoms in total. The van der Waals surface area contributed by atoms with Crippen LogP contribution in [0.1, 0.15) is 56.6 Å². The minimum atomic E-state index is -0.428. The first-order valence-corrected chi connectivity index (χ1v) is 13.9. The molecule has 3 aromatic heterocycles. The van der Waals surface area contributed by atoms with Crippen LogP contribution in [0.4, 0.5) is 5.69 Å². The first-order chi connectivity index (χ1) is 18.9. The molecule has 0 saturated heterocycles. The molecule has 1 atom stereocenters. The number of nitrogen functional groups attached to an aromatic ring is 1. The Bertz CT molecular complexity index is 1450. The van der Waals surface area contributed by atoms with Crippen molar-refractivity contribution >= 4 is 16.9 Å². The van der Waals surface area contributed by atoms with Gasteiger partial charge in [0, 0.05) is 44.6 Å². The number of aliphatic hydroxyl groups excluding tert-OH is 1. The summed E-state index contributed by atoms with van der Waals surface area (Å²) in [6.45, 7) is 6.24. The van der Waals surface area contributed by atoms with Crippen LogP contribution in [0, 0.1) is 0 Å². The number of aromatic amines is 1. The van der Waals surface area contributed by atoms with Crippen LogP contribution in [0.15, 0.2) is 46.1 Å². The molecule has 0 aliphatic rings. The van der Waals surface area contributed by atoms with Crippen LogP contribution < -0.4 is 22.3 Å². The molecule has 4 aromatic rings. The van der Waals surface area contributed by atoms with E-state index in [0.29, 0.717) is 74.7 Å². The van der Waals surface area contributed by atoms with Gasteiger partial charge in [0.2, 0.25) is 0 Å². The number of nitrogens with zero attached hydrogens (tertiary/aromatic N) is 5. The zero-order valence-corrected chi connectivity index (χ0v) is 22.9. The van der Waals surface area contributed by atoms with Crippen molar-refractivity contribution < 1.29 is 5.11 Å². The summed E-state index contributed by atoms with van der Waals surface area (Å²) in [6.07, 6.45) is 5.67. The highest BCUT2D eigenvalue weighted by Crippen LogP contribution is 2.16. The van der Waals surface area contributed by atoms with E-state index in [1.807, 2.05) is 41.8 Å². The SMILES string of the molecule is CCCCCn1c(=O)c2c(nc(Cc3cc[nH]n3)n2CCNCC(O)CC)n(CCc2ccc(N)cc2)c1=O. The topological polar surface area (TPSA) is 149 Å². The number of aryl methyl sites for hydroxylation is 2. The van der Waals surface area contributed by atoms with E-state index in [1.165, 1.54) is 4.57 Å². The second-order valence-electron chi connectivity index (χ2n) is 9.95. The van der Waals surface area contributed by atoms with E-state index in [4.69, 9.17) is 10.7 Å². The predicted molar refractivity (Wildman–Crippen MR) is 153 cm³/mol. The van der Waals surface area contributed by atoms with Crippen LogP contribution >= 0.6 is 0 Å². The summed E-state index contributed by atoms with van der Waals surface area (Å²) in [5.41, 5.74) is 8.53. The summed E-state index contributed by atoms with van der Waals surface area (Å²) in [6, 6.07) is 9.47. The number of H-pyrrole nitrogens is 1. The van der Waals surface area contributed by atoms with Gasteiger partial charge in [0.25, 0.3) is 5.56 Å². The Morgan fingerprint density at radius 1 is 1.03 bits per heavy atom. The summed E-state index contributed by atoms with van der Waals surface area (Å²) >= 11 is 0. The van der Waals surface area contributed by atoms with Crippen molar-refractivity contribution in [1.82, 2.24) is 34.2 Å². The van der Waals surface area contributed by atoms with Crippen molar-refractivity contribution in [1.29, 1.82) is 0 Å². The predicted octanol–water partition coefficient (Wildman–Crippen LogP) is 2.05. The van der Waals surface area contributed by atoms with Gasteiger partial charge in [-0.2, -0.15) is 5.10 Å². The summed E-state index contributed by atoms with van der Waals surface area (Å²) in [5.74, 6) is 0.666. The maximum atomic E-state index is 13.8. The molecule has 5 N–H and O–H groups in total. The van der Waals surface area contributed by atoms with Gasteiger partial charge in [0.05, 0.1) is 18.2 Å². The van der Waals surface area contributed by atoms with E-state index in [9.17, 15) is 14.7 Å². The molecule has 0 saturated carbocycles. The molecule has 0 spiro atoms. The third-order valence-electron chi connectivity index (χ3n) is 7.04. The minimum absolute atomic E-state index is 0.316. The number of imidazole rings is 1. The van der Waals surface area contributed by atoms with Gasteiger partial charge in [-0.25, -0.2) is 9.78 Å². The Kier molecular flexibility index (Phi) is 9.72. The summed E-state index contributed by atoms with van der Waals surface area (Å²) in [5, 5.41) is 20.3. The average Bonchev–Trinajstić information content (AvgIpc) is 3.57. The monoisotopic (exact) mass is 536 g/mol. The molecule has 11 heteroatoms. The first kappa shape index (κ1) is 28.3. The van der Waals surface area contributed by atoms with Gasteiger partial charge in [-0.05, 0) is 43.0 Å². The molecule has 1 aromatic carbocycles. The Balaban J connectivity index is 1.79. The molecule has 1 unspecified atom stereocenters. The van der Waals surface area contributed by atoms with Crippen molar-refractivity contribution in [2.75, 3.05) is 18.8 Å². The van der Waals surface area contributed by atoms with Crippen molar-refractivity contribution in [3.63, 3.8) is 0 Å². The van der Waals surface area contributed by atoms with Gasteiger partial charge in [-0.15, -0.1) is 0 Å². The van der Waals surface area contributed by atoms with E-state index < -0.39 is 6.10 Å². The summed E-state index contributed by atoms with van der Waals surface area (Å²) < 4.78 is 4.91. The lowest BCUT2D eigenvalue weighted by atomic mass is 10.1. The lowest BCUT2D eigenvalue weighted by Gasteiger charge is -2.14. The van der Waals surface area contributed by atoms with Gasteiger partial charge in [-0.3, -0.25) is 19.0 Å². The van der Waals surface area contributed by atoms with Gasteiger partial charge in [-0.1, -0.05) is 38.8 Å². The largest absolute Gasteiger partial charge is 0.399 e. The number of hydrogen-bond donors (Lipinski definition) is 4. The van der Waals surface area contributed by atoms with Crippen LogP contribution in [0.2, 0.25) is 0 Å². The summed E-state index contributed by atoms with van der Waals surface area (Å²) in [7, 11) is 0.